The average Bonchev–Trinajstić information content (AvgIpc) is 2.67. The first kappa shape index (κ1) is 19.1. The minimum absolute atomic E-state index is 0.0114. The molecule has 130 valence electrons. The maximum atomic E-state index is 12.0. The van der Waals surface area contributed by atoms with E-state index in [1.54, 1.807) is 0 Å². The van der Waals surface area contributed by atoms with Gasteiger partial charge in [-0.3, -0.25) is 0 Å². The number of carbonyl (C=O) groups excluding carboxylic acids is 1. The fourth-order valence-corrected chi connectivity index (χ4v) is 3.06. The van der Waals surface area contributed by atoms with Crippen LogP contribution in [-0.2, 0) is 0 Å². The van der Waals surface area contributed by atoms with Crippen molar-refractivity contribution in [2.24, 2.45) is 4.90 Å². The van der Waals surface area contributed by atoms with Crippen LogP contribution >= 0.6 is 0 Å². The molecular formula is C21H27BN2O. The molecule has 4 heteroatoms. The van der Waals surface area contributed by atoms with E-state index in [0.29, 0.717) is 5.92 Å². The SMILES string of the molecule is B=NCCCC(CCCCNC(=O)c1ccccc1)c1ccccc1. The molecule has 25 heavy (non-hydrogen) atoms. The predicted molar refractivity (Wildman–Crippen MR) is 105 cm³/mol. The van der Waals surface area contributed by atoms with Gasteiger partial charge in [0.15, 0.2) is 0 Å². The minimum atomic E-state index is 0.0114. The second kappa shape index (κ2) is 11.4. The first-order valence-electron chi connectivity index (χ1n) is 9.12. The van der Waals surface area contributed by atoms with Crippen LogP contribution in [-0.4, -0.2) is 26.6 Å². The maximum absolute atomic E-state index is 12.0. The van der Waals surface area contributed by atoms with Gasteiger partial charge in [-0.05, 0) is 12.1 Å². The molecule has 1 unspecified atom stereocenters. The molecule has 0 aliphatic rings. The van der Waals surface area contributed by atoms with Crippen LogP contribution in [0.25, 0.3) is 0 Å². The fraction of sp³-hybridized carbons (Fsp3) is 0.381. The van der Waals surface area contributed by atoms with Crippen LogP contribution in [0.1, 0.15) is 53.9 Å². The van der Waals surface area contributed by atoms with Gasteiger partial charge in [-0.2, -0.15) is 0 Å². The molecule has 1 amide bonds. The first-order valence-corrected chi connectivity index (χ1v) is 9.12. The zero-order valence-corrected chi connectivity index (χ0v) is 14.9. The second-order valence-corrected chi connectivity index (χ2v) is 6.31. The van der Waals surface area contributed by atoms with Crippen LogP contribution in [0.15, 0.2) is 65.6 Å². The number of benzene rings is 2. The van der Waals surface area contributed by atoms with E-state index >= 15 is 0 Å². The van der Waals surface area contributed by atoms with Gasteiger partial charge in [-0.25, -0.2) is 0 Å². The van der Waals surface area contributed by atoms with Crippen molar-refractivity contribution in [2.75, 3.05) is 13.1 Å². The van der Waals surface area contributed by atoms with Crippen LogP contribution < -0.4 is 5.32 Å². The van der Waals surface area contributed by atoms with Crippen molar-refractivity contribution in [1.29, 1.82) is 0 Å². The Bertz CT molecular complexity index is 631. The van der Waals surface area contributed by atoms with Crippen LogP contribution in [0.5, 0.6) is 0 Å². The van der Waals surface area contributed by atoms with Gasteiger partial charge in [0.25, 0.3) is 0 Å². The van der Waals surface area contributed by atoms with E-state index in [1.807, 2.05) is 30.3 Å². The summed E-state index contributed by atoms with van der Waals surface area (Å²) < 4.78 is 0. The van der Waals surface area contributed by atoms with Crippen molar-refractivity contribution < 1.29 is 4.79 Å². The summed E-state index contributed by atoms with van der Waals surface area (Å²) in [5.41, 5.74) is 2.13. The van der Waals surface area contributed by atoms with E-state index < -0.39 is 0 Å². The number of nitrogens with zero attached hydrogens (tertiary/aromatic N) is 1. The molecule has 0 bridgehead atoms. The van der Waals surface area contributed by atoms with Crippen molar-refractivity contribution in [3.8, 4) is 0 Å². The van der Waals surface area contributed by atoms with Gasteiger partial charge in [0.05, 0.1) is 0 Å². The van der Waals surface area contributed by atoms with Gasteiger partial charge in [-0.1, -0.05) is 18.2 Å². The molecule has 2 rings (SSSR count). The van der Waals surface area contributed by atoms with Crippen molar-refractivity contribution in [2.45, 2.75) is 38.0 Å². The van der Waals surface area contributed by atoms with Crippen molar-refractivity contribution in [3.63, 3.8) is 0 Å². The monoisotopic (exact) mass is 334 g/mol. The summed E-state index contributed by atoms with van der Waals surface area (Å²) in [6.07, 6.45) is 5.47. The molecule has 1 atom stereocenters. The number of nitrogens with one attached hydrogen (secondary N) is 1. The zero-order valence-electron chi connectivity index (χ0n) is 14.9. The third-order valence-electron chi connectivity index (χ3n) is 4.44. The number of unbranched alkanes of at least 4 members (excludes halogenated alkanes) is 1. The topological polar surface area (TPSA) is 41.5 Å². The molecule has 2 aromatic carbocycles. The fourth-order valence-electron chi connectivity index (χ4n) is 3.06. The summed E-state index contributed by atoms with van der Waals surface area (Å²) in [7, 11) is 3.57. The van der Waals surface area contributed by atoms with Gasteiger partial charge >= 0.3 is 121 Å². The molecule has 0 fully saturated rings. The summed E-state index contributed by atoms with van der Waals surface area (Å²) in [5.74, 6) is 0.574. The number of hydrogen-bond acceptors (Lipinski definition) is 2. The van der Waals surface area contributed by atoms with E-state index in [1.165, 1.54) is 5.56 Å². The van der Waals surface area contributed by atoms with E-state index in [-0.39, 0.29) is 5.91 Å². The molecule has 2 aromatic rings. The predicted octanol–water partition coefficient (Wildman–Crippen LogP) is 4.24. The van der Waals surface area contributed by atoms with Gasteiger partial charge in [0.2, 0.25) is 0 Å². The first-order chi connectivity index (χ1) is 12.3. The Morgan fingerprint density at radius 3 is 2.24 bits per heavy atom. The van der Waals surface area contributed by atoms with Crippen molar-refractivity contribution in [1.82, 2.24) is 5.32 Å². The van der Waals surface area contributed by atoms with E-state index in [4.69, 9.17) is 0 Å². The van der Waals surface area contributed by atoms with E-state index in [9.17, 15) is 4.79 Å². The summed E-state index contributed by atoms with van der Waals surface area (Å²) in [6, 6.07) is 20.1. The van der Waals surface area contributed by atoms with E-state index in [0.717, 1.165) is 50.8 Å². The normalized spacial score (nSPS) is 11.6. The molecule has 3 nitrogen and oxygen atoms in total. The quantitative estimate of drug-likeness (QED) is 0.485. The number of amides is 1. The summed E-state index contributed by atoms with van der Waals surface area (Å²) in [5, 5.41) is 3.00. The molecule has 1 N–H and O–H groups in total. The molecule has 0 saturated heterocycles. The van der Waals surface area contributed by atoms with Gasteiger partial charge < -0.3 is 0 Å². The van der Waals surface area contributed by atoms with Crippen molar-refractivity contribution in [3.05, 3.63) is 71.8 Å². The number of rotatable bonds is 11. The third kappa shape index (κ3) is 7.04. The van der Waals surface area contributed by atoms with Crippen molar-refractivity contribution >= 4 is 13.5 Å². The summed E-state index contributed by atoms with van der Waals surface area (Å²) in [4.78, 5) is 16.0. The molecule has 0 saturated carbocycles. The average molecular weight is 334 g/mol. The Hall–Kier alpha value is -2.23. The Morgan fingerprint density at radius 2 is 1.56 bits per heavy atom. The molecule has 0 heterocycles. The van der Waals surface area contributed by atoms with Gasteiger partial charge in [0.1, 0.15) is 0 Å². The third-order valence-corrected chi connectivity index (χ3v) is 4.44. The zero-order chi connectivity index (χ0) is 17.7. The molecule has 0 spiro atoms. The van der Waals surface area contributed by atoms with Gasteiger partial charge in [-0.15, -0.1) is 0 Å². The van der Waals surface area contributed by atoms with Gasteiger partial charge in [0, 0.05) is 0 Å². The summed E-state index contributed by atoms with van der Waals surface area (Å²) >= 11 is 0. The Morgan fingerprint density at radius 1 is 0.920 bits per heavy atom. The van der Waals surface area contributed by atoms with Crippen LogP contribution in [0.3, 0.4) is 0 Å². The molecule has 0 radical (unpaired) electrons. The Kier molecular flexibility index (Phi) is 8.67. The molecule has 0 aliphatic carbocycles. The molecule has 0 aliphatic heterocycles. The Labute approximate surface area is 152 Å². The number of carbonyl (C=O) groups is 1. The second-order valence-electron chi connectivity index (χ2n) is 6.31. The number of hydrogen-bond donors (Lipinski definition) is 1. The van der Waals surface area contributed by atoms with Crippen LogP contribution in [0, 0.1) is 0 Å². The summed E-state index contributed by atoms with van der Waals surface area (Å²) in [6.45, 7) is 1.56. The van der Waals surface area contributed by atoms with Crippen LogP contribution in [0.4, 0.5) is 0 Å². The standard InChI is InChI=1S/C21H27BN2O/c22-24-17-9-15-19(18-10-3-1-4-11-18)12-7-8-16-23-21(25)20-13-5-2-6-14-20/h1-6,10-11,13-14,19,22H,7-9,12,15-17H2,(H,23,25). The molecule has 0 aromatic heterocycles. The Balaban J connectivity index is 1.73. The van der Waals surface area contributed by atoms with E-state index in [2.05, 4.69) is 48.2 Å². The molecular weight excluding hydrogens is 307 g/mol. The van der Waals surface area contributed by atoms with Crippen LogP contribution in [0.2, 0.25) is 0 Å².